The predicted octanol–water partition coefficient (Wildman–Crippen LogP) is 5.29. The van der Waals surface area contributed by atoms with Gasteiger partial charge in [-0.25, -0.2) is 0 Å². The Morgan fingerprint density at radius 2 is 1.93 bits per heavy atom. The summed E-state index contributed by atoms with van der Waals surface area (Å²) in [6.45, 7) is 9.23. The molecule has 1 aromatic heterocycles. The molecule has 2 heterocycles. The highest BCUT2D eigenvalue weighted by molar-refractivity contribution is 7.10. The SMILES string of the molecule is Cc1ccc(C(C)C)c(OCC(=O)NC[C@@H](c2cccs2)N2CCCCCC2)c1. The van der Waals surface area contributed by atoms with E-state index in [2.05, 4.69) is 53.7 Å². The maximum Gasteiger partial charge on any atom is 0.258 e. The van der Waals surface area contributed by atoms with Gasteiger partial charge in [0.15, 0.2) is 6.61 Å². The lowest BCUT2D eigenvalue weighted by molar-refractivity contribution is -0.123. The van der Waals surface area contributed by atoms with Crippen LogP contribution in [0.4, 0.5) is 0 Å². The number of benzene rings is 1. The second-order valence-corrected chi connectivity index (χ2v) is 9.25. The fraction of sp³-hybridized carbons (Fsp3) is 0.542. The molecule has 2 aromatic rings. The summed E-state index contributed by atoms with van der Waals surface area (Å²) in [5.74, 6) is 1.12. The summed E-state index contributed by atoms with van der Waals surface area (Å²) in [7, 11) is 0. The number of hydrogen-bond donors (Lipinski definition) is 1. The second-order valence-electron chi connectivity index (χ2n) is 8.27. The third-order valence-electron chi connectivity index (χ3n) is 5.60. The van der Waals surface area contributed by atoms with E-state index in [1.54, 1.807) is 11.3 Å². The molecular weight excluding hydrogens is 380 g/mol. The van der Waals surface area contributed by atoms with Crippen LogP contribution in [0.3, 0.4) is 0 Å². The number of carbonyl (C=O) groups is 1. The van der Waals surface area contributed by atoms with Gasteiger partial charge < -0.3 is 10.1 Å². The highest BCUT2D eigenvalue weighted by Gasteiger charge is 2.23. The smallest absolute Gasteiger partial charge is 0.258 e. The summed E-state index contributed by atoms with van der Waals surface area (Å²) < 4.78 is 5.91. The third-order valence-corrected chi connectivity index (χ3v) is 6.57. The van der Waals surface area contributed by atoms with E-state index in [1.165, 1.54) is 30.6 Å². The maximum atomic E-state index is 12.6. The van der Waals surface area contributed by atoms with Gasteiger partial charge in [0.1, 0.15) is 5.75 Å². The molecule has 4 nitrogen and oxygen atoms in total. The van der Waals surface area contributed by atoms with E-state index in [0.717, 1.165) is 30.0 Å². The zero-order chi connectivity index (χ0) is 20.6. The summed E-state index contributed by atoms with van der Waals surface area (Å²) >= 11 is 1.78. The fourth-order valence-corrected chi connectivity index (χ4v) is 4.81. The van der Waals surface area contributed by atoms with Crippen LogP contribution < -0.4 is 10.1 Å². The van der Waals surface area contributed by atoms with Gasteiger partial charge in [-0.2, -0.15) is 0 Å². The molecule has 0 saturated carbocycles. The topological polar surface area (TPSA) is 41.6 Å². The molecule has 1 fully saturated rings. The van der Waals surface area contributed by atoms with E-state index in [9.17, 15) is 4.79 Å². The van der Waals surface area contributed by atoms with Gasteiger partial charge in [0.05, 0.1) is 6.04 Å². The number of carbonyl (C=O) groups excluding carboxylic acids is 1. The molecule has 0 spiro atoms. The number of rotatable bonds is 8. The number of aryl methyl sites for hydroxylation is 1. The van der Waals surface area contributed by atoms with Gasteiger partial charge in [-0.05, 0) is 67.4 Å². The normalized spacial score (nSPS) is 16.4. The lowest BCUT2D eigenvalue weighted by atomic mass is 10.0. The first kappa shape index (κ1) is 21.8. The number of ether oxygens (including phenoxy) is 1. The summed E-state index contributed by atoms with van der Waals surface area (Å²) in [5, 5.41) is 5.24. The Bertz CT molecular complexity index is 765. The molecule has 0 unspecified atom stereocenters. The molecule has 29 heavy (non-hydrogen) atoms. The van der Waals surface area contributed by atoms with E-state index in [-0.39, 0.29) is 18.6 Å². The van der Waals surface area contributed by atoms with Crippen molar-refractivity contribution in [3.8, 4) is 5.75 Å². The molecule has 0 radical (unpaired) electrons. The Kier molecular flexibility index (Phi) is 8.13. The van der Waals surface area contributed by atoms with Crippen LogP contribution in [0, 0.1) is 6.92 Å². The molecule has 1 aliphatic rings. The minimum Gasteiger partial charge on any atom is -0.483 e. The van der Waals surface area contributed by atoms with Crippen LogP contribution in [0.1, 0.15) is 67.5 Å². The molecule has 158 valence electrons. The summed E-state index contributed by atoms with van der Waals surface area (Å²) in [6.07, 6.45) is 5.10. The van der Waals surface area contributed by atoms with Crippen LogP contribution >= 0.6 is 11.3 Å². The minimum absolute atomic E-state index is 0.0559. The van der Waals surface area contributed by atoms with Crippen molar-refractivity contribution >= 4 is 17.2 Å². The monoisotopic (exact) mass is 414 g/mol. The van der Waals surface area contributed by atoms with Crippen molar-refractivity contribution in [1.29, 1.82) is 0 Å². The first-order valence-electron chi connectivity index (χ1n) is 10.8. The number of nitrogens with one attached hydrogen (secondary N) is 1. The van der Waals surface area contributed by atoms with Gasteiger partial charge >= 0.3 is 0 Å². The average molecular weight is 415 g/mol. The molecule has 1 N–H and O–H groups in total. The van der Waals surface area contributed by atoms with Crippen molar-refractivity contribution < 1.29 is 9.53 Å². The van der Waals surface area contributed by atoms with Crippen LogP contribution in [-0.4, -0.2) is 37.0 Å². The molecular formula is C24H34N2O2S. The highest BCUT2D eigenvalue weighted by atomic mass is 32.1. The lowest BCUT2D eigenvalue weighted by Gasteiger charge is -2.30. The Hall–Kier alpha value is -1.85. The van der Waals surface area contributed by atoms with Gasteiger partial charge in [-0.15, -0.1) is 11.3 Å². The summed E-state index contributed by atoms with van der Waals surface area (Å²) in [4.78, 5) is 16.4. The van der Waals surface area contributed by atoms with E-state index in [1.807, 2.05) is 13.0 Å². The number of thiophene rings is 1. The van der Waals surface area contributed by atoms with E-state index in [0.29, 0.717) is 12.5 Å². The van der Waals surface area contributed by atoms with E-state index in [4.69, 9.17) is 4.74 Å². The van der Waals surface area contributed by atoms with Crippen molar-refractivity contribution in [3.63, 3.8) is 0 Å². The third kappa shape index (κ3) is 6.31. The van der Waals surface area contributed by atoms with Gasteiger partial charge in [0.2, 0.25) is 0 Å². The second kappa shape index (κ2) is 10.8. The largest absolute Gasteiger partial charge is 0.483 e. The Balaban J connectivity index is 1.58. The van der Waals surface area contributed by atoms with Gasteiger partial charge in [-0.1, -0.05) is 44.9 Å². The van der Waals surface area contributed by atoms with Gasteiger partial charge in [-0.3, -0.25) is 9.69 Å². The summed E-state index contributed by atoms with van der Waals surface area (Å²) in [6, 6.07) is 10.7. The molecule has 3 rings (SSSR count). The molecule has 0 aliphatic carbocycles. The van der Waals surface area contributed by atoms with Gasteiger partial charge in [0, 0.05) is 11.4 Å². The van der Waals surface area contributed by atoms with Crippen molar-refractivity contribution in [2.24, 2.45) is 0 Å². The van der Waals surface area contributed by atoms with Crippen LogP contribution in [0.2, 0.25) is 0 Å². The van der Waals surface area contributed by atoms with E-state index >= 15 is 0 Å². The maximum absolute atomic E-state index is 12.6. The average Bonchev–Trinajstić information content (AvgIpc) is 3.09. The van der Waals surface area contributed by atoms with Gasteiger partial charge in [0.25, 0.3) is 5.91 Å². The van der Waals surface area contributed by atoms with Crippen molar-refractivity contribution in [2.75, 3.05) is 26.2 Å². The molecule has 1 atom stereocenters. The Morgan fingerprint density at radius 1 is 1.17 bits per heavy atom. The first-order valence-corrected chi connectivity index (χ1v) is 11.7. The van der Waals surface area contributed by atoms with Crippen molar-refractivity contribution in [2.45, 2.75) is 58.4 Å². The Morgan fingerprint density at radius 3 is 2.59 bits per heavy atom. The molecule has 1 amide bonds. The minimum atomic E-state index is -0.0578. The van der Waals surface area contributed by atoms with E-state index < -0.39 is 0 Å². The fourth-order valence-electron chi connectivity index (χ4n) is 3.95. The van der Waals surface area contributed by atoms with Crippen LogP contribution in [0.25, 0.3) is 0 Å². The van der Waals surface area contributed by atoms with Crippen LogP contribution in [0.5, 0.6) is 5.75 Å². The zero-order valence-corrected chi connectivity index (χ0v) is 18.8. The molecule has 1 saturated heterocycles. The Labute approximate surface area is 179 Å². The number of amides is 1. The molecule has 0 bridgehead atoms. The quantitative estimate of drug-likeness (QED) is 0.638. The number of nitrogens with zero attached hydrogens (tertiary/aromatic N) is 1. The number of likely N-dealkylation sites (tertiary alicyclic amines) is 1. The molecule has 1 aromatic carbocycles. The lowest BCUT2D eigenvalue weighted by Crippen LogP contribution is -2.39. The van der Waals surface area contributed by atoms with Crippen LogP contribution in [-0.2, 0) is 4.79 Å². The molecule has 5 heteroatoms. The first-order chi connectivity index (χ1) is 14.0. The zero-order valence-electron chi connectivity index (χ0n) is 17.9. The number of hydrogen-bond acceptors (Lipinski definition) is 4. The standard InChI is InChI=1S/C24H34N2O2S/c1-18(2)20-11-10-19(3)15-22(20)28-17-24(27)25-16-21(23-9-8-14-29-23)26-12-6-4-5-7-13-26/h8-11,14-15,18,21H,4-7,12-13,16-17H2,1-3H3,(H,25,27)/t21-/m0/s1. The highest BCUT2D eigenvalue weighted by Crippen LogP contribution is 2.28. The summed E-state index contributed by atoms with van der Waals surface area (Å²) in [5.41, 5.74) is 2.29. The van der Waals surface area contributed by atoms with Crippen LogP contribution in [0.15, 0.2) is 35.7 Å². The molecule has 1 aliphatic heterocycles. The van der Waals surface area contributed by atoms with Crippen molar-refractivity contribution in [1.82, 2.24) is 10.2 Å². The van der Waals surface area contributed by atoms with Crippen molar-refractivity contribution in [3.05, 3.63) is 51.7 Å². The predicted molar refractivity (Wildman–Crippen MR) is 121 cm³/mol.